The predicted molar refractivity (Wildman–Crippen MR) is 74.9 cm³/mol. The largest absolute Gasteiger partial charge is 0.495 e. The van der Waals surface area contributed by atoms with Crippen LogP contribution in [0.15, 0.2) is 18.2 Å². The van der Waals surface area contributed by atoms with Crippen molar-refractivity contribution in [1.29, 1.82) is 5.26 Å². The summed E-state index contributed by atoms with van der Waals surface area (Å²) in [5.74, 6) is 0.585. The molecule has 4 nitrogen and oxygen atoms in total. The lowest BCUT2D eigenvalue weighted by Gasteiger charge is -2.26. The van der Waals surface area contributed by atoms with Gasteiger partial charge in [-0.15, -0.1) is 0 Å². The molecule has 0 spiro atoms. The second-order valence-corrected chi connectivity index (χ2v) is 4.71. The predicted octanol–water partition coefficient (Wildman–Crippen LogP) is 2.60. The normalized spacial score (nSPS) is 11.1. The summed E-state index contributed by atoms with van der Waals surface area (Å²) >= 11 is 0. The van der Waals surface area contributed by atoms with E-state index in [9.17, 15) is 0 Å². The molecule has 104 valence electrons. The maximum Gasteiger partial charge on any atom is 0.136 e. The molecule has 1 aromatic rings. The number of ether oxygens (including phenoxy) is 2. The number of methoxy groups -OCH3 is 1. The van der Waals surface area contributed by atoms with Gasteiger partial charge in [0, 0.05) is 5.54 Å². The summed E-state index contributed by atoms with van der Waals surface area (Å²) in [5.41, 5.74) is 7.38. The molecule has 0 aliphatic heterocycles. The first-order valence-electron chi connectivity index (χ1n) is 6.52. The summed E-state index contributed by atoms with van der Waals surface area (Å²) in [6.45, 7) is 5.10. The standard InChI is InChI=1S/C15H22N2O2/c1-4-15(17,5-2)11-19-10-12-6-7-14(18-3)13(8-12)9-16/h6-8H,4-5,10-11,17H2,1-3H3. The number of benzene rings is 1. The van der Waals surface area contributed by atoms with Gasteiger partial charge >= 0.3 is 0 Å². The van der Waals surface area contributed by atoms with Crippen LogP contribution in [0, 0.1) is 11.3 Å². The molecule has 0 bridgehead atoms. The van der Waals surface area contributed by atoms with E-state index in [1.54, 1.807) is 19.2 Å². The SMILES string of the molecule is CCC(N)(CC)COCc1ccc(OC)c(C#N)c1. The zero-order valence-corrected chi connectivity index (χ0v) is 11.9. The number of nitriles is 1. The van der Waals surface area contributed by atoms with Crippen LogP contribution < -0.4 is 10.5 Å². The lowest BCUT2D eigenvalue weighted by molar-refractivity contribution is 0.0696. The molecule has 0 aliphatic rings. The van der Waals surface area contributed by atoms with Crippen LogP contribution in [-0.4, -0.2) is 19.3 Å². The third kappa shape index (κ3) is 4.23. The third-order valence-electron chi connectivity index (χ3n) is 3.45. The summed E-state index contributed by atoms with van der Waals surface area (Å²) in [4.78, 5) is 0. The van der Waals surface area contributed by atoms with E-state index >= 15 is 0 Å². The first-order valence-corrected chi connectivity index (χ1v) is 6.52. The number of hydrogen-bond acceptors (Lipinski definition) is 4. The number of nitrogens with zero attached hydrogens (tertiary/aromatic N) is 1. The fourth-order valence-corrected chi connectivity index (χ4v) is 1.76. The Morgan fingerprint density at radius 2 is 2.00 bits per heavy atom. The van der Waals surface area contributed by atoms with Crippen LogP contribution in [0.3, 0.4) is 0 Å². The average molecular weight is 262 g/mol. The van der Waals surface area contributed by atoms with Crippen molar-refractivity contribution in [3.63, 3.8) is 0 Å². The van der Waals surface area contributed by atoms with Gasteiger partial charge in [-0.25, -0.2) is 0 Å². The molecule has 0 amide bonds. The molecule has 0 fully saturated rings. The summed E-state index contributed by atoms with van der Waals surface area (Å²) in [6, 6.07) is 7.58. The van der Waals surface area contributed by atoms with Crippen LogP contribution in [0.1, 0.15) is 37.8 Å². The Balaban J connectivity index is 2.62. The van der Waals surface area contributed by atoms with E-state index in [1.165, 1.54) is 0 Å². The molecule has 0 saturated carbocycles. The van der Waals surface area contributed by atoms with Crippen molar-refractivity contribution in [3.8, 4) is 11.8 Å². The quantitative estimate of drug-likeness (QED) is 0.820. The van der Waals surface area contributed by atoms with Gasteiger partial charge < -0.3 is 15.2 Å². The second-order valence-electron chi connectivity index (χ2n) is 4.71. The van der Waals surface area contributed by atoms with E-state index in [4.69, 9.17) is 20.5 Å². The molecule has 0 atom stereocenters. The van der Waals surface area contributed by atoms with Crippen molar-refractivity contribution in [2.75, 3.05) is 13.7 Å². The molecule has 0 radical (unpaired) electrons. The maximum atomic E-state index is 9.01. The van der Waals surface area contributed by atoms with E-state index in [1.807, 2.05) is 6.07 Å². The Morgan fingerprint density at radius 3 is 2.53 bits per heavy atom. The van der Waals surface area contributed by atoms with Crippen molar-refractivity contribution in [1.82, 2.24) is 0 Å². The molecule has 1 aromatic carbocycles. The summed E-state index contributed by atoms with van der Waals surface area (Å²) in [7, 11) is 1.55. The lowest BCUT2D eigenvalue weighted by atomic mass is 9.96. The molecule has 1 rings (SSSR count). The number of nitrogens with two attached hydrogens (primary N) is 1. The smallest absolute Gasteiger partial charge is 0.136 e. The molecular formula is C15H22N2O2. The van der Waals surface area contributed by atoms with Crippen molar-refractivity contribution >= 4 is 0 Å². The van der Waals surface area contributed by atoms with E-state index in [2.05, 4.69) is 19.9 Å². The van der Waals surface area contributed by atoms with Gasteiger partial charge in [-0.3, -0.25) is 0 Å². The first kappa shape index (κ1) is 15.5. The van der Waals surface area contributed by atoms with Crippen LogP contribution >= 0.6 is 0 Å². The molecule has 2 N–H and O–H groups in total. The topological polar surface area (TPSA) is 68.3 Å². The van der Waals surface area contributed by atoms with Gasteiger partial charge in [0.1, 0.15) is 11.8 Å². The zero-order valence-electron chi connectivity index (χ0n) is 11.9. The third-order valence-corrected chi connectivity index (χ3v) is 3.45. The summed E-state index contributed by atoms with van der Waals surface area (Å²) in [5, 5.41) is 9.01. The van der Waals surface area contributed by atoms with E-state index < -0.39 is 0 Å². The highest BCUT2D eigenvalue weighted by Gasteiger charge is 2.20. The monoisotopic (exact) mass is 262 g/mol. The van der Waals surface area contributed by atoms with Gasteiger partial charge in [-0.2, -0.15) is 5.26 Å². The fourth-order valence-electron chi connectivity index (χ4n) is 1.76. The zero-order chi connectivity index (χ0) is 14.3. The minimum atomic E-state index is -0.259. The van der Waals surface area contributed by atoms with Crippen molar-refractivity contribution in [2.45, 2.75) is 38.8 Å². The van der Waals surface area contributed by atoms with Crippen LogP contribution in [0.5, 0.6) is 5.75 Å². The van der Waals surface area contributed by atoms with Crippen LogP contribution in [0.25, 0.3) is 0 Å². The molecule has 0 heterocycles. The molecule has 4 heteroatoms. The van der Waals surface area contributed by atoms with E-state index in [0.29, 0.717) is 24.5 Å². The highest BCUT2D eigenvalue weighted by molar-refractivity contribution is 5.45. The Hall–Kier alpha value is -1.57. The Morgan fingerprint density at radius 1 is 1.32 bits per heavy atom. The van der Waals surface area contributed by atoms with Crippen molar-refractivity contribution < 1.29 is 9.47 Å². The summed E-state index contributed by atoms with van der Waals surface area (Å²) in [6.07, 6.45) is 1.77. The Bertz CT molecular complexity index is 448. The van der Waals surface area contributed by atoms with Gasteiger partial charge in [0.15, 0.2) is 0 Å². The molecule has 0 aliphatic carbocycles. The average Bonchev–Trinajstić information content (AvgIpc) is 2.46. The Labute approximate surface area is 115 Å². The van der Waals surface area contributed by atoms with Crippen LogP contribution in [0.4, 0.5) is 0 Å². The molecule has 0 saturated heterocycles. The van der Waals surface area contributed by atoms with Gasteiger partial charge in [0.2, 0.25) is 0 Å². The van der Waals surface area contributed by atoms with Gasteiger partial charge in [0.05, 0.1) is 25.9 Å². The summed E-state index contributed by atoms with van der Waals surface area (Å²) < 4.78 is 10.8. The van der Waals surface area contributed by atoms with Crippen LogP contribution in [0.2, 0.25) is 0 Å². The van der Waals surface area contributed by atoms with Gasteiger partial charge in [-0.1, -0.05) is 19.9 Å². The minimum Gasteiger partial charge on any atom is -0.495 e. The molecule has 0 aromatic heterocycles. The first-order chi connectivity index (χ1) is 9.08. The molecule has 0 unspecified atom stereocenters. The van der Waals surface area contributed by atoms with Crippen molar-refractivity contribution in [3.05, 3.63) is 29.3 Å². The fraction of sp³-hybridized carbons (Fsp3) is 0.533. The Kier molecular flexibility index (Phi) is 5.81. The lowest BCUT2D eigenvalue weighted by Crippen LogP contribution is -2.43. The molecule has 19 heavy (non-hydrogen) atoms. The van der Waals surface area contributed by atoms with Crippen molar-refractivity contribution in [2.24, 2.45) is 5.73 Å². The highest BCUT2D eigenvalue weighted by atomic mass is 16.5. The van der Waals surface area contributed by atoms with E-state index in [-0.39, 0.29) is 5.54 Å². The number of rotatable bonds is 7. The minimum absolute atomic E-state index is 0.259. The number of hydrogen-bond donors (Lipinski definition) is 1. The van der Waals surface area contributed by atoms with Gasteiger partial charge in [-0.05, 0) is 30.5 Å². The van der Waals surface area contributed by atoms with E-state index in [0.717, 1.165) is 18.4 Å². The second kappa shape index (κ2) is 7.13. The molecular weight excluding hydrogens is 240 g/mol. The maximum absolute atomic E-state index is 9.01. The van der Waals surface area contributed by atoms with Crippen LogP contribution in [-0.2, 0) is 11.3 Å². The van der Waals surface area contributed by atoms with Gasteiger partial charge in [0.25, 0.3) is 0 Å². The highest BCUT2D eigenvalue weighted by Crippen LogP contribution is 2.20.